The number of likely N-dealkylation sites (tertiary alicyclic amines) is 1. The number of ether oxygens (including phenoxy) is 1. The largest absolute Gasteiger partial charge is 0.423 e. The van der Waals surface area contributed by atoms with Crippen LogP contribution in [0.25, 0.3) is 11.0 Å². The highest BCUT2D eigenvalue weighted by Crippen LogP contribution is 2.24. The third-order valence-electron chi connectivity index (χ3n) is 5.25. The van der Waals surface area contributed by atoms with E-state index in [9.17, 15) is 9.59 Å². The van der Waals surface area contributed by atoms with E-state index in [1.165, 1.54) is 5.56 Å². The van der Waals surface area contributed by atoms with Crippen LogP contribution in [0, 0.1) is 13.8 Å². The highest BCUT2D eigenvalue weighted by molar-refractivity contribution is 5.82. The molecule has 2 atom stereocenters. The summed E-state index contributed by atoms with van der Waals surface area (Å²) in [6.45, 7) is 6.49. The Balaban J connectivity index is 1.61. The fraction of sp³-hybridized carbons (Fsp3) is 0.474. The van der Waals surface area contributed by atoms with Crippen molar-refractivity contribution >= 4 is 16.9 Å². The lowest BCUT2D eigenvalue weighted by Crippen LogP contribution is -2.60. The maximum atomic E-state index is 12.0. The predicted octanol–water partition coefficient (Wildman–Crippen LogP) is 1.50. The minimum atomic E-state index is -0.324. The Kier molecular flexibility index (Phi) is 4.09. The summed E-state index contributed by atoms with van der Waals surface area (Å²) >= 11 is 0. The van der Waals surface area contributed by atoms with Crippen LogP contribution in [0.5, 0.6) is 0 Å². The lowest BCUT2D eigenvalue weighted by molar-refractivity contribution is -0.140. The van der Waals surface area contributed by atoms with Crippen LogP contribution in [0.1, 0.15) is 23.1 Å². The van der Waals surface area contributed by atoms with Crippen molar-refractivity contribution in [1.82, 2.24) is 10.2 Å². The van der Waals surface area contributed by atoms with E-state index < -0.39 is 0 Å². The van der Waals surface area contributed by atoms with Gasteiger partial charge in [-0.05, 0) is 49.1 Å². The highest BCUT2D eigenvalue weighted by Gasteiger charge is 2.34. The van der Waals surface area contributed by atoms with E-state index in [4.69, 9.17) is 9.15 Å². The summed E-state index contributed by atoms with van der Waals surface area (Å²) in [5, 5.41) is 3.99. The number of amides is 1. The Bertz CT molecular complexity index is 889. The molecule has 6 heteroatoms. The van der Waals surface area contributed by atoms with Gasteiger partial charge < -0.3 is 14.5 Å². The standard InChI is InChI=1S/C19H22N2O4/c1-11-5-14-13(7-19(23)25-17(14)6-12(11)2)8-21-4-3-16-15(9-21)20-18(22)10-24-16/h5-7,15-16H,3-4,8-10H2,1-2H3,(H,20,22)/t15-,16+/m0/s1. The molecule has 1 N–H and O–H groups in total. The topological polar surface area (TPSA) is 71.8 Å². The third-order valence-corrected chi connectivity index (χ3v) is 5.25. The summed E-state index contributed by atoms with van der Waals surface area (Å²) in [7, 11) is 0. The molecular weight excluding hydrogens is 320 g/mol. The van der Waals surface area contributed by atoms with E-state index in [1.54, 1.807) is 6.07 Å². The number of hydrogen-bond donors (Lipinski definition) is 1. The van der Waals surface area contributed by atoms with Crippen molar-refractivity contribution in [2.75, 3.05) is 19.7 Å². The normalized spacial score (nSPS) is 24.2. The summed E-state index contributed by atoms with van der Waals surface area (Å²) < 4.78 is 11.0. The Morgan fingerprint density at radius 2 is 2.00 bits per heavy atom. The molecule has 6 nitrogen and oxygen atoms in total. The van der Waals surface area contributed by atoms with Gasteiger partial charge in [-0.25, -0.2) is 4.79 Å². The second kappa shape index (κ2) is 6.28. The van der Waals surface area contributed by atoms with Gasteiger partial charge in [0.1, 0.15) is 12.2 Å². The van der Waals surface area contributed by atoms with Gasteiger partial charge in [0.15, 0.2) is 0 Å². The van der Waals surface area contributed by atoms with E-state index in [1.807, 2.05) is 13.0 Å². The Labute approximate surface area is 145 Å². The average molecular weight is 342 g/mol. The van der Waals surface area contributed by atoms with Crippen molar-refractivity contribution < 1.29 is 13.9 Å². The molecule has 1 aromatic heterocycles. The maximum Gasteiger partial charge on any atom is 0.336 e. The fourth-order valence-electron chi connectivity index (χ4n) is 3.77. The predicted molar refractivity (Wildman–Crippen MR) is 93.5 cm³/mol. The second-order valence-electron chi connectivity index (χ2n) is 7.07. The van der Waals surface area contributed by atoms with Crippen LogP contribution in [0.3, 0.4) is 0 Å². The number of piperidine rings is 1. The second-order valence-corrected chi connectivity index (χ2v) is 7.07. The summed E-state index contributed by atoms with van der Waals surface area (Å²) in [5.41, 5.74) is 3.56. The number of nitrogens with zero attached hydrogens (tertiary/aromatic N) is 1. The molecule has 0 radical (unpaired) electrons. The van der Waals surface area contributed by atoms with Gasteiger partial charge in [0.2, 0.25) is 5.91 Å². The highest BCUT2D eigenvalue weighted by atomic mass is 16.5. The summed E-state index contributed by atoms with van der Waals surface area (Å²) in [4.78, 5) is 25.8. The Morgan fingerprint density at radius 1 is 1.20 bits per heavy atom. The van der Waals surface area contributed by atoms with E-state index in [-0.39, 0.29) is 30.3 Å². The zero-order chi connectivity index (χ0) is 17.6. The number of morpholine rings is 1. The maximum absolute atomic E-state index is 12.0. The number of carbonyl (C=O) groups excluding carboxylic acids is 1. The summed E-state index contributed by atoms with van der Waals surface area (Å²) in [6.07, 6.45) is 0.971. The van der Waals surface area contributed by atoms with Gasteiger partial charge in [0.25, 0.3) is 0 Å². The number of hydrogen-bond acceptors (Lipinski definition) is 5. The molecule has 2 aliphatic rings. The molecule has 0 bridgehead atoms. The molecule has 25 heavy (non-hydrogen) atoms. The molecule has 2 aliphatic heterocycles. The Hall–Kier alpha value is -2.18. The van der Waals surface area contributed by atoms with E-state index >= 15 is 0 Å². The minimum absolute atomic E-state index is 0.0189. The number of benzene rings is 1. The molecule has 0 aliphatic carbocycles. The lowest BCUT2D eigenvalue weighted by atomic mass is 9.99. The first-order chi connectivity index (χ1) is 12.0. The zero-order valence-electron chi connectivity index (χ0n) is 14.5. The van der Waals surface area contributed by atoms with Gasteiger partial charge in [-0.15, -0.1) is 0 Å². The number of rotatable bonds is 2. The lowest BCUT2D eigenvalue weighted by Gasteiger charge is -2.41. The van der Waals surface area contributed by atoms with Crippen LogP contribution in [-0.4, -0.2) is 42.6 Å². The molecular formula is C19H22N2O4. The first-order valence-electron chi connectivity index (χ1n) is 8.67. The van der Waals surface area contributed by atoms with Gasteiger partial charge in [-0.2, -0.15) is 0 Å². The van der Waals surface area contributed by atoms with E-state index in [2.05, 4.69) is 23.2 Å². The van der Waals surface area contributed by atoms with Gasteiger partial charge in [-0.3, -0.25) is 9.69 Å². The first-order valence-corrected chi connectivity index (χ1v) is 8.67. The van der Waals surface area contributed by atoms with Crippen molar-refractivity contribution in [3.63, 3.8) is 0 Å². The number of fused-ring (bicyclic) bond motifs is 2. The minimum Gasteiger partial charge on any atom is -0.423 e. The van der Waals surface area contributed by atoms with Crippen molar-refractivity contribution in [2.45, 2.75) is 39.0 Å². The van der Waals surface area contributed by atoms with Crippen molar-refractivity contribution in [2.24, 2.45) is 0 Å². The third kappa shape index (κ3) is 3.19. The van der Waals surface area contributed by atoms with E-state index in [0.717, 1.165) is 36.0 Å². The average Bonchev–Trinajstić information content (AvgIpc) is 2.56. The van der Waals surface area contributed by atoms with Crippen LogP contribution in [0.15, 0.2) is 27.4 Å². The molecule has 0 spiro atoms. The van der Waals surface area contributed by atoms with Crippen LogP contribution < -0.4 is 10.9 Å². The summed E-state index contributed by atoms with van der Waals surface area (Å²) in [6, 6.07) is 5.61. The van der Waals surface area contributed by atoms with Gasteiger partial charge in [-0.1, -0.05) is 0 Å². The molecule has 1 aromatic carbocycles. The molecule has 0 unspecified atom stereocenters. The van der Waals surface area contributed by atoms with Crippen molar-refractivity contribution in [3.8, 4) is 0 Å². The molecule has 2 saturated heterocycles. The smallest absolute Gasteiger partial charge is 0.336 e. The molecule has 3 heterocycles. The van der Waals surface area contributed by atoms with Gasteiger partial charge in [0, 0.05) is 31.1 Å². The molecule has 2 aromatic rings. The zero-order valence-corrected chi connectivity index (χ0v) is 14.5. The van der Waals surface area contributed by atoms with Crippen molar-refractivity contribution in [3.05, 3.63) is 45.3 Å². The number of carbonyl (C=O) groups is 1. The fourth-order valence-corrected chi connectivity index (χ4v) is 3.77. The van der Waals surface area contributed by atoms with Crippen molar-refractivity contribution in [1.29, 1.82) is 0 Å². The molecule has 2 fully saturated rings. The van der Waals surface area contributed by atoms with Crippen LogP contribution in [0.2, 0.25) is 0 Å². The van der Waals surface area contributed by atoms with Gasteiger partial charge >= 0.3 is 5.63 Å². The molecule has 1 amide bonds. The van der Waals surface area contributed by atoms with Gasteiger partial charge in [0.05, 0.1) is 12.1 Å². The first kappa shape index (κ1) is 16.3. The Morgan fingerprint density at radius 3 is 2.84 bits per heavy atom. The van der Waals surface area contributed by atoms with Crippen LogP contribution >= 0.6 is 0 Å². The summed E-state index contributed by atoms with van der Waals surface area (Å²) in [5.74, 6) is -0.0556. The van der Waals surface area contributed by atoms with E-state index in [0.29, 0.717) is 12.1 Å². The number of nitrogens with one attached hydrogen (secondary N) is 1. The number of aryl methyl sites for hydroxylation is 2. The van der Waals surface area contributed by atoms with Crippen LogP contribution in [0.4, 0.5) is 0 Å². The quantitative estimate of drug-likeness (QED) is 0.838. The van der Waals surface area contributed by atoms with Crippen LogP contribution in [-0.2, 0) is 16.1 Å². The monoisotopic (exact) mass is 342 g/mol. The molecule has 4 rings (SSSR count). The molecule has 0 saturated carbocycles. The molecule has 132 valence electrons. The SMILES string of the molecule is Cc1cc2oc(=O)cc(CN3CC[C@H]4OCC(=O)N[C@H]4C3)c2cc1C.